The van der Waals surface area contributed by atoms with E-state index < -0.39 is 29.7 Å². The van der Waals surface area contributed by atoms with Gasteiger partial charge >= 0.3 is 5.97 Å². The van der Waals surface area contributed by atoms with Gasteiger partial charge in [0.05, 0.1) is 26.3 Å². The molecule has 2 aromatic rings. The number of ether oxygens (including phenoxy) is 2. The molecule has 9 nitrogen and oxygen atoms in total. The third kappa shape index (κ3) is 5.63. The summed E-state index contributed by atoms with van der Waals surface area (Å²) in [5.74, 6) is -1.90. The average Bonchev–Trinajstić information content (AvgIpc) is 3.11. The molecule has 3 rings (SSSR count). The lowest BCUT2D eigenvalue weighted by Crippen LogP contribution is -2.46. The van der Waals surface area contributed by atoms with E-state index in [1.807, 2.05) is 0 Å². The fraction of sp³-hybridized carbons (Fsp3) is 0.250. The molecule has 1 heterocycles. The molecule has 0 aliphatic carbocycles. The number of rotatable bonds is 9. The maximum absolute atomic E-state index is 13.2. The first-order valence-electron chi connectivity index (χ1n) is 10.3. The monoisotopic (exact) mass is 530 g/mol. The second-order valence-corrected chi connectivity index (χ2v) is 8.32. The molecule has 1 N–H and O–H groups in total. The number of carboxylic acids is 1. The van der Waals surface area contributed by atoms with Crippen LogP contribution < -0.4 is 14.4 Å². The van der Waals surface area contributed by atoms with Crippen LogP contribution in [-0.2, 0) is 25.6 Å². The minimum absolute atomic E-state index is 0.0795. The van der Waals surface area contributed by atoms with Crippen molar-refractivity contribution in [3.05, 3.63) is 64.7 Å². The number of methoxy groups -OCH3 is 2. The van der Waals surface area contributed by atoms with Crippen LogP contribution in [0, 0.1) is 0 Å². The Morgan fingerprint density at radius 3 is 2.38 bits per heavy atom. The fourth-order valence-corrected chi connectivity index (χ4v) is 3.93. The van der Waals surface area contributed by atoms with Crippen molar-refractivity contribution >= 4 is 45.3 Å². The summed E-state index contributed by atoms with van der Waals surface area (Å²) in [7, 11) is 3.03. The van der Waals surface area contributed by atoms with Crippen molar-refractivity contribution in [2.24, 2.45) is 0 Å². The van der Waals surface area contributed by atoms with E-state index in [1.54, 1.807) is 42.5 Å². The van der Waals surface area contributed by atoms with Crippen LogP contribution in [0.25, 0.3) is 0 Å². The quantitative estimate of drug-likeness (QED) is 0.391. The van der Waals surface area contributed by atoms with Gasteiger partial charge in [-0.05, 0) is 48.4 Å². The van der Waals surface area contributed by atoms with Crippen LogP contribution in [0.5, 0.6) is 11.5 Å². The second kappa shape index (κ2) is 11.0. The number of hydrogen-bond acceptors (Lipinski definition) is 6. The van der Waals surface area contributed by atoms with Crippen LogP contribution >= 0.6 is 15.9 Å². The van der Waals surface area contributed by atoms with Crippen molar-refractivity contribution in [1.82, 2.24) is 4.90 Å². The molecule has 1 aliphatic rings. The summed E-state index contributed by atoms with van der Waals surface area (Å²) < 4.78 is 11.3. The van der Waals surface area contributed by atoms with Gasteiger partial charge in [0.2, 0.25) is 11.8 Å². The molecule has 1 fully saturated rings. The van der Waals surface area contributed by atoms with Crippen LogP contribution in [-0.4, -0.2) is 60.5 Å². The van der Waals surface area contributed by atoms with E-state index in [1.165, 1.54) is 19.1 Å². The third-order valence-electron chi connectivity index (χ3n) is 5.32. The molecule has 1 saturated heterocycles. The van der Waals surface area contributed by atoms with Gasteiger partial charge in [-0.1, -0.05) is 22.0 Å². The zero-order valence-corrected chi connectivity index (χ0v) is 20.1. The normalized spacial score (nSPS) is 15.6. The topological polar surface area (TPSA) is 113 Å². The van der Waals surface area contributed by atoms with Crippen molar-refractivity contribution in [3.8, 4) is 11.5 Å². The molecule has 0 bridgehead atoms. The van der Waals surface area contributed by atoms with Crippen LogP contribution in [0.1, 0.15) is 12.0 Å². The standard InChI is InChI=1S/C24H23BrN2O7/c1-33-19-8-3-15(13-20(19)34-2)11-12-26(21(28)9-10-23(30)31)18-14-22(29)27(24(18)32)17-6-4-16(25)5-7-17/h3-10,13,18H,11-12,14H2,1-2H3,(H,30,31)/b10-9+. The minimum Gasteiger partial charge on any atom is -0.493 e. The largest absolute Gasteiger partial charge is 0.493 e. The minimum atomic E-state index is -1.29. The van der Waals surface area contributed by atoms with Gasteiger partial charge in [-0.25, -0.2) is 9.69 Å². The number of aliphatic carboxylic acids is 1. The van der Waals surface area contributed by atoms with Crippen LogP contribution in [0.3, 0.4) is 0 Å². The molecule has 34 heavy (non-hydrogen) atoms. The highest BCUT2D eigenvalue weighted by atomic mass is 79.9. The van der Waals surface area contributed by atoms with Gasteiger partial charge in [0.25, 0.3) is 5.91 Å². The van der Waals surface area contributed by atoms with E-state index in [2.05, 4.69) is 15.9 Å². The Kier molecular flexibility index (Phi) is 8.06. The summed E-state index contributed by atoms with van der Waals surface area (Å²) in [5.41, 5.74) is 1.20. The second-order valence-electron chi connectivity index (χ2n) is 7.41. The average molecular weight is 531 g/mol. The van der Waals surface area contributed by atoms with Crippen molar-refractivity contribution in [3.63, 3.8) is 0 Å². The molecular formula is C24H23BrN2O7. The summed E-state index contributed by atoms with van der Waals surface area (Å²) in [6.07, 6.45) is 1.73. The lowest BCUT2D eigenvalue weighted by molar-refractivity contribution is -0.135. The lowest BCUT2D eigenvalue weighted by atomic mass is 10.1. The zero-order valence-electron chi connectivity index (χ0n) is 18.6. The first-order valence-corrected chi connectivity index (χ1v) is 11.1. The predicted molar refractivity (Wildman–Crippen MR) is 127 cm³/mol. The molecule has 10 heteroatoms. The maximum Gasteiger partial charge on any atom is 0.328 e. The Bertz CT molecular complexity index is 1130. The first-order chi connectivity index (χ1) is 16.2. The maximum atomic E-state index is 13.2. The molecule has 2 aromatic carbocycles. The number of amides is 3. The van der Waals surface area contributed by atoms with Crippen LogP contribution in [0.4, 0.5) is 5.69 Å². The summed E-state index contributed by atoms with van der Waals surface area (Å²) in [6, 6.07) is 10.9. The zero-order chi connectivity index (χ0) is 24.8. The number of hydrogen-bond donors (Lipinski definition) is 1. The third-order valence-corrected chi connectivity index (χ3v) is 5.85. The highest BCUT2D eigenvalue weighted by Crippen LogP contribution is 2.29. The van der Waals surface area contributed by atoms with E-state index in [4.69, 9.17) is 14.6 Å². The van der Waals surface area contributed by atoms with Gasteiger partial charge in [0, 0.05) is 23.2 Å². The van der Waals surface area contributed by atoms with Crippen LogP contribution in [0.2, 0.25) is 0 Å². The molecule has 3 amide bonds. The number of halogens is 1. The first kappa shape index (κ1) is 25.0. The molecule has 0 saturated carbocycles. The Balaban J connectivity index is 1.86. The molecule has 1 atom stereocenters. The van der Waals surface area contributed by atoms with Gasteiger partial charge in [-0.15, -0.1) is 0 Å². The Morgan fingerprint density at radius 2 is 1.76 bits per heavy atom. The van der Waals surface area contributed by atoms with Crippen molar-refractivity contribution < 1.29 is 33.8 Å². The van der Waals surface area contributed by atoms with Crippen molar-refractivity contribution in [2.45, 2.75) is 18.9 Å². The highest BCUT2D eigenvalue weighted by molar-refractivity contribution is 9.10. The predicted octanol–water partition coefficient (Wildman–Crippen LogP) is 2.81. The van der Waals surface area contributed by atoms with Gasteiger partial charge in [-0.2, -0.15) is 0 Å². The lowest BCUT2D eigenvalue weighted by Gasteiger charge is -2.26. The molecule has 178 valence electrons. The highest BCUT2D eigenvalue weighted by Gasteiger charge is 2.43. The number of carboxylic acid groups (broad SMARTS) is 1. The molecule has 0 spiro atoms. The van der Waals surface area contributed by atoms with E-state index in [0.717, 1.165) is 21.0 Å². The molecular weight excluding hydrogens is 508 g/mol. The Morgan fingerprint density at radius 1 is 1.09 bits per heavy atom. The SMILES string of the molecule is COc1ccc(CCN(C(=O)/C=C/C(=O)O)C2CC(=O)N(c3ccc(Br)cc3)C2=O)cc1OC. The number of nitrogens with zero attached hydrogens (tertiary/aromatic N) is 2. The van der Waals surface area contributed by atoms with Crippen molar-refractivity contribution in [2.75, 3.05) is 25.7 Å². The number of anilines is 1. The van der Waals surface area contributed by atoms with E-state index in [-0.39, 0.29) is 13.0 Å². The number of carbonyl (C=O) groups excluding carboxylic acids is 3. The molecule has 0 radical (unpaired) electrons. The van der Waals surface area contributed by atoms with Gasteiger partial charge in [-0.3, -0.25) is 14.4 Å². The van der Waals surface area contributed by atoms with Crippen molar-refractivity contribution in [1.29, 1.82) is 0 Å². The summed E-state index contributed by atoms with van der Waals surface area (Å²) in [6.45, 7) is 0.0795. The summed E-state index contributed by atoms with van der Waals surface area (Å²) in [5, 5.41) is 8.92. The van der Waals surface area contributed by atoms with Crippen LogP contribution in [0.15, 0.2) is 59.1 Å². The van der Waals surface area contributed by atoms with E-state index in [0.29, 0.717) is 29.7 Å². The van der Waals surface area contributed by atoms with Gasteiger partial charge in [0.15, 0.2) is 11.5 Å². The number of benzene rings is 2. The van der Waals surface area contributed by atoms with Gasteiger partial charge < -0.3 is 19.5 Å². The smallest absolute Gasteiger partial charge is 0.328 e. The van der Waals surface area contributed by atoms with Gasteiger partial charge in [0.1, 0.15) is 6.04 Å². The molecule has 1 unspecified atom stereocenters. The Labute approximate surface area is 204 Å². The van der Waals surface area contributed by atoms with E-state index >= 15 is 0 Å². The fourth-order valence-electron chi connectivity index (χ4n) is 3.66. The Hall–Kier alpha value is -3.66. The molecule has 1 aliphatic heterocycles. The summed E-state index contributed by atoms with van der Waals surface area (Å²) >= 11 is 3.32. The van der Waals surface area contributed by atoms with E-state index in [9.17, 15) is 19.2 Å². The number of imide groups is 1. The molecule has 0 aromatic heterocycles. The summed E-state index contributed by atoms with van der Waals surface area (Å²) in [4.78, 5) is 52.0. The number of carbonyl (C=O) groups is 4.